The van der Waals surface area contributed by atoms with E-state index in [4.69, 9.17) is 4.74 Å². The predicted octanol–water partition coefficient (Wildman–Crippen LogP) is 4.10. The van der Waals surface area contributed by atoms with E-state index in [1.54, 1.807) is 7.11 Å². The maximum atomic E-state index is 5.53. The topological polar surface area (TPSA) is 52.1 Å². The molecule has 0 aliphatic carbocycles. The van der Waals surface area contributed by atoms with Crippen LogP contribution >= 0.6 is 24.0 Å². The van der Waals surface area contributed by atoms with Crippen molar-refractivity contribution in [1.29, 1.82) is 0 Å². The van der Waals surface area contributed by atoms with Crippen molar-refractivity contribution in [3.8, 4) is 5.75 Å². The fourth-order valence-corrected chi connectivity index (χ4v) is 3.89. The smallest absolute Gasteiger partial charge is 0.191 e. The number of nitrogens with one attached hydrogen (secondary N) is 2. The maximum absolute atomic E-state index is 5.53. The van der Waals surface area contributed by atoms with Gasteiger partial charge in [0.25, 0.3) is 0 Å². The molecule has 0 radical (unpaired) electrons. The summed E-state index contributed by atoms with van der Waals surface area (Å²) in [6.45, 7) is 8.07. The molecule has 3 rings (SSSR count). The largest absolute Gasteiger partial charge is 0.495 e. The van der Waals surface area contributed by atoms with Crippen molar-refractivity contribution in [3.05, 3.63) is 59.7 Å². The Morgan fingerprint density at radius 2 is 1.84 bits per heavy atom. The monoisotopic (exact) mass is 551 g/mol. The molecular formula is C25H38IN5O. The molecule has 7 heteroatoms. The number of anilines is 1. The van der Waals surface area contributed by atoms with Gasteiger partial charge in [-0.2, -0.15) is 0 Å². The van der Waals surface area contributed by atoms with E-state index in [2.05, 4.69) is 82.7 Å². The van der Waals surface area contributed by atoms with Gasteiger partial charge in [-0.3, -0.25) is 9.89 Å². The van der Waals surface area contributed by atoms with Crippen LogP contribution in [-0.2, 0) is 13.1 Å². The van der Waals surface area contributed by atoms with Crippen LogP contribution in [0.4, 0.5) is 5.69 Å². The number of hydrogen-bond acceptors (Lipinski definition) is 4. The summed E-state index contributed by atoms with van der Waals surface area (Å²) in [5, 5.41) is 7.11. The van der Waals surface area contributed by atoms with Gasteiger partial charge in [0.15, 0.2) is 5.96 Å². The molecule has 1 atom stereocenters. The molecular weight excluding hydrogens is 513 g/mol. The first kappa shape index (κ1) is 26.3. The van der Waals surface area contributed by atoms with Crippen LogP contribution in [0.15, 0.2) is 53.5 Å². The molecule has 176 valence electrons. The lowest BCUT2D eigenvalue weighted by Gasteiger charge is -2.23. The second-order valence-electron chi connectivity index (χ2n) is 8.45. The number of guanidine groups is 1. The number of methoxy groups -OCH3 is 1. The third-order valence-electron chi connectivity index (χ3n) is 6.04. The zero-order valence-corrected chi connectivity index (χ0v) is 22.3. The highest BCUT2D eigenvalue weighted by Crippen LogP contribution is 2.30. The van der Waals surface area contributed by atoms with E-state index in [9.17, 15) is 0 Å². The van der Waals surface area contributed by atoms with Crippen LogP contribution in [0.3, 0.4) is 0 Å². The molecule has 1 aliphatic rings. The fraction of sp³-hybridized carbons (Fsp3) is 0.480. The average Bonchev–Trinajstić information content (AvgIpc) is 3.25. The van der Waals surface area contributed by atoms with E-state index in [1.165, 1.54) is 11.1 Å². The van der Waals surface area contributed by atoms with Crippen LogP contribution in [0.25, 0.3) is 0 Å². The lowest BCUT2D eigenvalue weighted by Crippen LogP contribution is -2.44. The number of halogens is 1. The number of rotatable bonds is 8. The Labute approximate surface area is 210 Å². The molecule has 0 saturated carbocycles. The van der Waals surface area contributed by atoms with Crippen LogP contribution in [0, 0.1) is 0 Å². The van der Waals surface area contributed by atoms with Gasteiger partial charge in [0.05, 0.1) is 12.8 Å². The van der Waals surface area contributed by atoms with Crippen molar-refractivity contribution in [2.75, 3.05) is 39.2 Å². The summed E-state index contributed by atoms with van der Waals surface area (Å²) in [7, 11) is 5.73. The minimum absolute atomic E-state index is 0. The number of nitrogens with zero attached hydrogens (tertiary/aromatic N) is 3. The Kier molecular flexibility index (Phi) is 10.6. The number of hydrogen-bond donors (Lipinski definition) is 2. The molecule has 1 heterocycles. The average molecular weight is 552 g/mol. The summed E-state index contributed by atoms with van der Waals surface area (Å²) >= 11 is 0. The molecule has 2 N–H and O–H groups in total. The predicted molar refractivity (Wildman–Crippen MR) is 145 cm³/mol. The van der Waals surface area contributed by atoms with E-state index in [0.29, 0.717) is 12.1 Å². The Morgan fingerprint density at radius 3 is 2.53 bits per heavy atom. The van der Waals surface area contributed by atoms with Gasteiger partial charge in [-0.05, 0) is 50.6 Å². The number of ether oxygens (including phenoxy) is 1. The lowest BCUT2D eigenvalue weighted by atomic mass is 10.1. The first-order valence-electron chi connectivity index (χ1n) is 11.1. The molecule has 0 aromatic heterocycles. The lowest BCUT2D eigenvalue weighted by molar-refractivity contribution is 0.265. The van der Waals surface area contributed by atoms with E-state index in [1.807, 2.05) is 19.2 Å². The highest BCUT2D eigenvalue weighted by atomic mass is 127. The van der Waals surface area contributed by atoms with E-state index in [0.717, 1.165) is 50.0 Å². The standard InChI is InChI=1S/C25H37N5O.HI/c1-19(2)29(4)17-21-11-7-6-10-20(21)16-27-25(26-3)28-22-14-15-30(18-22)23-12-8-9-13-24(23)31-5;/h6-13,19,22H,14-18H2,1-5H3,(H2,26,27,28);1H. The Hall–Kier alpha value is -2.00. The molecule has 0 amide bonds. The van der Waals surface area contributed by atoms with Crippen molar-refractivity contribution in [2.45, 2.75) is 45.4 Å². The van der Waals surface area contributed by atoms with E-state index >= 15 is 0 Å². The third kappa shape index (κ3) is 7.00. The Bertz CT molecular complexity index is 873. The second-order valence-corrected chi connectivity index (χ2v) is 8.45. The summed E-state index contributed by atoms with van der Waals surface area (Å²) in [6.07, 6.45) is 1.06. The number of benzene rings is 2. The van der Waals surface area contributed by atoms with Crippen molar-refractivity contribution < 1.29 is 4.74 Å². The number of para-hydroxylation sites is 2. The molecule has 0 bridgehead atoms. The Balaban J connectivity index is 0.00000363. The molecule has 1 saturated heterocycles. The number of aliphatic imine (C=N–C) groups is 1. The van der Waals surface area contributed by atoms with Gasteiger partial charge in [0, 0.05) is 45.3 Å². The van der Waals surface area contributed by atoms with Gasteiger partial charge in [-0.15, -0.1) is 24.0 Å². The zero-order valence-electron chi connectivity index (χ0n) is 20.0. The van der Waals surface area contributed by atoms with Crippen molar-refractivity contribution >= 4 is 35.6 Å². The second kappa shape index (κ2) is 12.9. The van der Waals surface area contributed by atoms with Gasteiger partial charge in [-0.1, -0.05) is 36.4 Å². The van der Waals surface area contributed by atoms with Crippen LogP contribution in [0.1, 0.15) is 31.4 Å². The van der Waals surface area contributed by atoms with E-state index < -0.39 is 0 Å². The quantitative estimate of drug-likeness (QED) is 0.294. The molecule has 6 nitrogen and oxygen atoms in total. The van der Waals surface area contributed by atoms with Crippen molar-refractivity contribution in [3.63, 3.8) is 0 Å². The van der Waals surface area contributed by atoms with Crippen LogP contribution in [-0.4, -0.2) is 57.2 Å². The molecule has 0 spiro atoms. The molecule has 2 aromatic carbocycles. The zero-order chi connectivity index (χ0) is 22.2. The van der Waals surface area contributed by atoms with Gasteiger partial charge >= 0.3 is 0 Å². The highest BCUT2D eigenvalue weighted by molar-refractivity contribution is 14.0. The normalized spacial score (nSPS) is 16.3. The molecule has 1 fully saturated rings. The summed E-state index contributed by atoms with van der Waals surface area (Å²) in [5.74, 6) is 1.77. The first-order chi connectivity index (χ1) is 15.0. The van der Waals surface area contributed by atoms with Gasteiger partial charge in [0.1, 0.15) is 5.75 Å². The molecule has 32 heavy (non-hydrogen) atoms. The summed E-state index contributed by atoms with van der Waals surface area (Å²) < 4.78 is 5.53. The SMILES string of the molecule is CN=C(NCc1ccccc1CN(C)C(C)C)NC1CCN(c2ccccc2OC)C1.I. The van der Waals surface area contributed by atoms with Crippen molar-refractivity contribution in [1.82, 2.24) is 15.5 Å². The summed E-state index contributed by atoms with van der Waals surface area (Å²) in [4.78, 5) is 9.19. The van der Waals surface area contributed by atoms with Gasteiger partial charge in [-0.25, -0.2) is 0 Å². The van der Waals surface area contributed by atoms with Gasteiger partial charge < -0.3 is 20.3 Å². The highest BCUT2D eigenvalue weighted by Gasteiger charge is 2.25. The summed E-state index contributed by atoms with van der Waals surface area (Å²) in [6, 6.07) is 17.7. The van der Waals surface area contributed by atoms with Gasteiger partial charge in [0.2, 0.25) is 0 Å². The minimum Gasteiger partial charge on any atom is -0.495 e. The minimum atomic E-state index is 0. The molecule has 2 aromatic rings. The van der Waals surface area contributed by atoms with Crippen LogP contribution in [0.2, 0.25) is 0 Å². The molecule has 1 aliphatic heterocycles. The Morgan fingerprint density at radius 1 is 1.16 bits per heavy atom. The third-order valence-corrected chi connectivity index (χ3v) is 6.04. The summed E-state index contributed by atoms with van der Waals surface area (Å²) in [5.41, 5.74) is 3.81. The molecule has 1 unspecified atom stereocenters. The van der Waals surface area contributed by atoms with Crippen LogP contribution < -0.4 is 20.3 Å². The van der Waals surface area contributed by atoms with Crippen molar-refractivity contribution in [2.24, 2.45) is 4.99 Å². The first-order valence-corrected chi connectivity index (χ1v) is 11.1. The van der Waals surface area contributed by atoms with Crippen LogP contribution in [0.5, 0.6) is 5.75 Å². The van der Waals surface area contributed by atoms with E-state index in [-0.39, 0.29) is 24.0 Å². The fourth-order valence-electron chi connectivity index (χ4n) is 3.89. The maximum Gasteiger partial charge on any atom is 0.191 e.